The van der Waals surface area contributed by atoms with Crippen LogP contribution in [0.5, 0.6) is 0 Å². The summed E-state index contributed by atoms with van der Waals surface area (Å²) >= 11 is 0. The van der Waals surface area contributed by atoms with E-state index in [9.17, 15) is 15.0 Å². The zero-order valence-electron chi connectivity index (χ0n) is 8.17. The monoisotopic (exact) mass is 220 g/mol. The van der Waals surface area contributed by atoms with Crippen LogP contribution in [0.2, 0.25) is 0 Å². The Morgan fingerprint density at radius 3 is 2.67 bits per heavy atom. The minimum absolute atomic E-state index is 0.0369. The number of carbonyl (C=O) groups is 1. The van der Waals surface area contributed by atoms with Crippen LogP contribution < -0.4 is 11.1 Å². The molecule has 1 aliphatic heterocycles. The van der Waals surface area contributed by atoms with Gasteiger partial charge in [0.1, 0.15) is 18.3 Å². The maximum atomic E-state index is 10.9. The number of aliphatic hydroxyl groups excluding tert-OH is 3. The lowest BCUT2D eigenvalue weighted by molar-refractivity contribution is -0.164. The summed E-state index contributed by atoms with van der Waals surface area (Å²) in [5, 5.41) is 30.3. The van der Waals surface area contributed by atoms with Crippen molar-refractivity contribution in [3.05, 3.63) is 0 Å². The third-order valence-electron chi connectivity index (χ3n) is 2.34. The van der Waals surface area contributed by atoms with Gasteiger partial charge in [-0.1, -0.05) is 0 Å². The van der Waals surface area contributed by atoms with Crippen molar-refractivity contribution < 1.29 is 24.9 Å². The summed E-state index contributed by atoms with van der Waals surface area (Å²) < 4.78 is 5.05. The molecule has 0 bridgehead atoms. The molecular formula is C8H16N2O5. The van der Waals surface area contributed by atoms with Crippen LogP contribution in [-0.4, -0.2) is 65.3 Å². The molecule has 1 aliphatic rings. The van der Waals surface area contributed by atoms with Crippen molar-refractivity contribution >= 4 is 5.91 Å². The van der Waals surface area contributed by atoms with Crippen molar-refractivity contribution in [2.45, 2.75) is 24.4 Å². The van der Waals surface area contributed by atoms with Crippen LogP contribution in [0.3, 0.4) is 0 Å². The molecular weight excluding hydrogens is 204 g/mol. The number of amides is 1. The molecule has 0 aromatic heterocycles. The van der Waals surface area contributed by atoms with E-state index in [1.807, 2.05) is 0 Å². The number of nitrogens with one attached hydrogen (secondary N) is 1. The lowest BCUT2D eigenvalue weighted by Gasteiger charge is -2.37. The van der Waals surface area contributed by atoms with Gasteiger partial charge in [-0.15, -0.1) is 0 Å². The lowest BCUT2D eigenvalue weighted by Crippen LogP contribution is -2.60. The van der Waals surface area contributed by atoms with Crippen LogP contribution >= 0.6 is 0 Å². The molecule has 1 heterocycles. The fraction of sp³-hybridized carbons (Fsp3) is 0.875. The maximum Gasteiger partial charge on any atom is 0.234 e. The average Bonchev–Trinajstić information content (AvgIpc) is 2.25. The number of hydrogen-bond donors (Lipinski definition) is 5. The van der Waals surface area contributed by atoms with E-state index in [4.69, 9.17) is 15.6 Å². The smallest absolute Gasteiger partial charge is 0.234 e. The lowest BCUT2D eigenvalue weighted by atomic mass is 9.98. The Balaban J connectivity index is 2.52. The molecule has 1 rings (SSSR count). The third kappa shape index (κ3) is 2.86. The fourth-order valence-corrected chi connectivity index (χ4v) is 1.44. The Hall–Kier alpha value is -0.730. The minimum Gasteiger partial charge on any atom is -0.394 e. The van der Waals surface area contributed by atoms with Crippen LogP contribution in [0.25, 0.3) is 0 Å². The molecule has 0 spiro atoms. The normalized spacial score (nSPS) is 36.3. The van der Waals surface area contributed by atoms with Crippen LogP contribution in [0, 0.1) is 0 Å². The van der Waals surface area contributed by atoms with Gasteiger partial charge in [0.25, 0.3) is 0 Å². The molecule has 0 unspecified atom stereocenters. The number of hydrogen-bond acceptors (Lipinski definition) is 6. The first-order valence-electron chi connectivity index (χ1n) is 4.68. The number of rotatable bonds is 3. The molecule has 1 amide bonds. The molecule has 0 saturated carbocycles. The first-order valence-corrected chi connectivity index (χ1v) is 4.68. The van der Waals surface area contributed by atoms with Gasteiger partial charge in [0.2, 0.25) is 5.91 Å². The van der Waals surface area contributed by atoms with Gasteiger partial charge in [-0.3, -0.25) is 4.79 Å². The standard InChI is InChI=1S/C8H16N2O5/c9-1-6(12)10-4-3-15-5(2-11)8(14)7(4)13/h4-5,7-8,11,13-14H,1-3,9H2,(H,10,12)/t4-,5+,7+,8+/m0/s1. The van der Waals surface area contributed by atoms with Crippen molar-refractivity contribution in [1.82, 2.24) is 5.32 Å². The summed E-state index contributed by atoms with van der Waals surface area (Å²) in [5.41, 5.74) is 5.09. The van der Waals surface area contributed by atoms with Crippen molar-refractivity contribution in [3.63, 3.8) is 0 Å². The third-order valence-corrected chi connectivity index (χ3v) is 2.34. The van der Waals surface area contributed by atoms with Crippen LogP contribution in [0.4, 0.5) is 0 Å². The Bertz CT molecular complexity index is 225. The van der Waals surface area contributed by atoms with E-state index < -0.39 is 30.3 Å². The van der Waals surface area contributed by atoms with Crippen molar-refractivity contribution in [3.8, 4) is 0 Å². The molecule has 1 fully saturated rings. The predicted molar refractivity (Wildman–Crippen MR) is 49.8 cm³/mol. The number of nitrogens with two attached hydrogens (primary N) is 1. The van der Waals surface area contributed by atoms with Gasteiger partial charge >= 0.3 is 0 Å². The quantitative estimate of drug-likeness (QED) is 0.337. The van der Waals surface area contributed by atoms with Gasteiger partial charge in [-0.2, -0.15) is 0 Å². The van der Waals surface area contributed by atoms with Gasteiger partial charge in [0, 0.05) is 0 Å². The molecule has 7 heteroatoms. The van der Waals surface area contributed by atoms with Crippen molar-refractivity contribution in [2.75, 3.05) is 19.8 Å². The molecule has 1 saturated heterocycles. The van der Waals surface area contributed by atoms with Crippen LogP contribution in [-0.2, 0) is 9.53 Å². The summed E-state index contributed by atoms with van der Waals surface area (Å²) in [4.78, 5) is 10.9. The SMILES string of the molecule is NCC(=O)N[C@H]1CO[C@H](CO)[C@@H](O)[C@@H]1O. The molecule has 0 radical (unpaired) electrons. The van der Waals surface area contributed by atoms with Gasteiger partial charge in [0.15, 0.2) is 0 Å². The fourth-order valence-electron chi connectivity index (χ4n) is 1.44. The summed E-state index contributed by atoms with van der Waals surface area (Å²) in [6.07, 6.45) is -3.19. The maximum absolute atomic E-state index is 10.9. The second-order valence-electron chi connectivity index (χ2n) is 3.41. The first kappa shape index (κ1) is 12.3. The van der Waals surface area contributed by atoms with Gasteiger partial charge in [-0.05, 0) is 0 Å². The topological polar surface area (TPSA) is 125 Å². The van der Waals surface area contributed by atoms with Gasteiger partial charge in [-0.25, -0.2) is 0 Å². The molecule has 7 nitrogen and oxygen atoms in total. The van der Waals surface area contributed by atoms with E-state index in [0.717, 1.165) is 0 Å². The van der Waals surface area contributed by atoms with Gasteiger partial charge < -0.3 is 31.1 Å². The van der Waals surface area contributed by atoms with Crippen molar-refractivity contribution in [2.24, 2.45) is 5.73 Å². The van der Waals surface area contributed by atoms with E-state index in [2.05, 4.69) is 5.32 Å². The number of carbonyl (C=O) groups excluding carboxylic acids is 1. The highest BCUT2D eigenvalue weighted by molar-refractivity contribution is 5.78. The summed E-state index contributed by atoms with van der Waals surface area (Å²) in [6.45, 7) is -0.534. The van der Waals surface area contributed by atoms with E-state index in [0.29, 0.717) is 0 Å². The van der Waals surface area contributed by atoms with Gasteiger partial charge in [0.05, 0.1) is 25.8 Å². The highest BCUT2D eigenvalue weighted by atomic mass is 16.5. The highest BCUT2D eigenvalue weighted by Gasteiger charge is 2.38. The summed E-state index contributed by atoms with van der Waals surface area (Å²) in [7, 11) is 0. The zero-order chi connectivity index (χ0) is 11.4. The van der Waals surface area contributed by atoms with Crippen LogP contribution in [0.1, 0.15) is 0 Å². The van der Waals surface area contributed by atoms with E-state index >= 15 is 0 Å². The Morgan fingerprint density at radius 1 is 1.47 bits per heavy atom. The van der Waals surface area contributed by atoms with E-state index in [1.165, 1.54) is 0 Å². The second-order valence-corrected chi connectivity index (χ2v) is 3.41. The Kier molecular flexibility index (Phi) is 4.43. The minimum atomic E-state index is -1.22. The molecule has 6 N–H and O–H groups in total. The number of aliphatic hydroxyl groups is 3. The molecule has 88 valence electrons. The second kappa shape index (κ2) is 5.38. The molecule has 15 heavy (non-hydrogen) atoms. The average molecular weight is 220 g/mol. The Labute approximate surface area is 86.8 Å². The zero-order valence-corrected chi connectivity index (χ0v) is 8.17. The Morgan fingerprint density at radius 2 is 2.13 bits per heavy atom. The highest BCUT2D eigenvalue weighted by Crippen LogP contribution is 2.14. The molecule has 0 aliphatic carbocycles. The largest absolute Gasteiger partial charge is 0.394 e. The van der Waals surface area contributed by atoms with E-state index in [-0.39, 0.29) is 19.8 Å². The van der Waals surface area contributed by atoms with E-state index in [1.54, 1.807) is 0 Å². The van der Waals surface area contributed by atoms with Crippen molar-refractivity contribution in [1.29, 1.82) is 0 Å². The number of ether oxygens (including phenoxy) is 1. The molecule has 4 atom stereocenters. The molecule has 0 aromatic rings. The predicted octanol–water partition coefficient (Wildman–Crippen LogP) is -3.46. The molecule has 0 aromatic carbocycles. The first-order chi connectivity index (χ1) is 7.10. The summed E-state index contributed by atoms with van der Waals surface area (Å²) in [6, 6.07) is -0.696. The van der Waals surface area contributed by atoms with Crippen LogP contribution in [0.15, 0.2) is 0 Å². The summed E-state index contributed by atoms with van der Waals surface area (Å²) in [5.74, 6) is -0.433.